The van der Waals surface area contributed by atoms with Gasteiger partial charge in [-0.2, -0.15) is 0 Å². The van der Waals surface area contributed by atoms with Crippen LogP contribution in [0.4, 0.5) is 0 Å². The fourth-order valence-corrected chi connectivity index (χ4v) is 4.66. The summed E-state index contributed by atoms with van der Waals surface area (Å²) >= 11 is 0. The summed E-state index contributed by atoms with van der Waals surface area (Å²) in [5, 5.41) is 9.47. The van der Waals surface area contributed by atoms with Crippen LogP contribution in [0.15, 0.2) is 59.5 Å². The van der Waals surface area contributed by atoms with E-state index < -0.39 is 5.97 Å². The zero-order valence-electron chi connectivity index (χ0n) is 18.3. The number of carbonyl (C=O) groups is 1. The molecule has 0 saturated heterocycles. The van der Waals surface area contributed by atoms with E-state index in [-0.39, 0.29) is 11.7 Å². The first-order valence-corrected chi connectivity index (χ1v) is 11.2. The van der Waals surface area contributed by atoms with Gasteiger partial charge in [-0.05, 0) is 49.4 Å². The lowest BCUT2D eigenvalue weighted by Crippen LogP contribution is -2.27. The molecular formula is C26H30N2O3. The second-order valence-electron chi connectivity index (χ2n) is 8.81. The van der Waals surface area contributed by atoms with E-state index >= 15 is 0 Å². The highest BCUT2D eigenvalue weighted by molar-refractivity contribution is 5.95. The van der Waals surface area contributed by atoms with Gasteiger partial charge in [0, 0.05) is 23.9 Å². The smallest absolute Gasteiger partial charge is 0.336 e. The second kappa shape index (κ2) is 8.96. The summed E-state index contributed by atoms with van der Waals surface area (Å²) in [6, 6.07) is 15.0. The van der Waals surface area contributed by atoms with E-state index in [0.717, 1.165) is 29.7 Å². The third kappa shape index (κ3) is 4.36. The highest BCUT2D eigenvalue weighted by Gasteiger charge is 2.23. The number of nitrogens with zero attached hydrogens (tertiary/aromatic N) is 2. The number of aromatic carboxylic acids is 1. The molecule has 0 bridgehead atoms. The molecule has 1 heterocycles. The maximum Gasteiger partial charge on any atom is 0.336 e. The molecular weight excluding hydrogens is 388 g/mol. The number of aromatic nitrogens is 2. The van der Waals surface area contributed by atoms with Crippen LogP contribution in [0.1, 0.15) is 79.5 Å². The molecule has 0 radical (unpaired) electrons. The Morgan fingerprint density at radius 1 is 1.03 bits per heavy atom. The molecule has 4 rings (SSSR count). The minimum atomic E-state index is -0.932. The largest absolute Gasteiger partial charge is 0.478 e. The Bertz CT molecular complexity index is 1120. The highest BCUT2D eigenvalue weighted by atomic mass is 16.4. The van der Waals surface area contributed by atoms with Crippen molar-refractivity contribution in [1.29, 1.82) is 0 Å². The zero-order chi connectivity index (χ0) is 22.0. The van der Waals surface area contributed by atoms with Crippen LogP contribution in [0.3, 0.4) is 0 Å². The van der Waals surface area contributed by atoms with Gasteiger partial charge in [0.1, 0.15) is 0 Å². The van der Waals surface area contributed by atoms with Gasteiger partial charge in [0.25, 0.3) is 0 Å². The highest BCUT2D eigenvalue weighted by Crippen LogP contribution is 2.33. The fourth-order valence-electron chi connectivity index (χ4n) is 4.66. The topological polar surface area (TPSA) is 64.2 Å². The molecule has 5 heteroatoms. The summed E-state index contributed by atoms with van der Waals surface area (Å²) in [6.45, 7) is 4.63. The van der Waals surface area contributed by atoms with Crippen LogP contribution in [0.2, 0.25) is 0 Å². The number of benzene rings is 2. The van der Waals surface area contributed by atoms with Crippen molar-refractivity contribution < 1.29 is 9.90 Å². The molecule has 0 spiro atoms. The first-order chi connectivity index (χ1) is 15.0. The third-order valence-electron chi connectivity index (χ3n) is 6.38. The second-order valence-corrected chi connectivity index (χ2v) is 8.81. The first-order valence-electron chi connectivity index (χ1n) is 11.2. The van der Waals surface area contributed by atoms with E-state index in [1.54, 1.807) is 12.1 Å². The Labute approximate surface area is 183 Å². The van der Waals surface area contributed by atoms with Gasteiger partial charge >= 0.3 is 11.7 Å². The van der Waals surface area contributed by atoms with Crippen molar-refractivity contribution in [2.45, 2.75) is 64.5 Å². The van der Waals surface area contributed by atoms with Crippen LogP contribution >= 0.6 is 0 Å². The molecule has 0 aliphatic heterocycles. The lowest BCUT2D eigenvalue weighted by molar-refractivity contribution is 0.0697. The lowest BCUT2D eigenvalue weighted by Gasteiger charge is -2.22. The zero-order valence-corrected chi connectivity index (χ0v) is 18.3. The predicted octanol–water partition coefficient (Wildman–Crippen LogP) is 5.69. The van der Waals surface area contributed by atoms with Crippen LogP contribution in [-0.4, -0.2) is 20.2 Å². The maximum absolute atomic E-state index is 13.1. The fraction of sp³-hybridized carbons (Fsp3) is 0.385. The number of carboxylic acid groups (broad SMARTS) is 1. The average molecular weight is 419 g/mol. The number of rotatable bonds is 6. The molecule has 1 saturated carbocycles. The Hall–Kier alpha value is -3.08. The Kier molecular flexibility index (Phi) is 6.12. The molecule has 1 aliphatic carbocycles. The molecule has 1 aliphatic rings. The average Bonchev–Trinajstić information content (AvgIpc) is 3.11. The summed E-state index contributed by atoms with van der Waals surface area (Å²) in [4.78, 5) is 24.7. The van der Waals surface area contributed by atoms with Gasteiger partial charge in [-0.15, -0.1) is 0 Å². The molecule has 5 nitrogen and oxygen atoms in total. The van der Waals surface area contributed by atoms with Gasteiger partial charge in [-0.3, -0.25) is 9.13 Å². The van der Waals surface area contributed by atoms with Crippen LogP contribution < -0.4 is 5.69 Å². The van der Waals surface area contributed by atoms with E-state index in [1.165, 1.54) is 19.3 Å². The van der Waals surface area contributed by atoms with Crippen molar-refractivity contribution in [3.05, 3.63) is 82.0 Å². The van der Waals surface area contributed by atoms with E-state index in [4.69, 9.17) is 0 Å². The van der Waals surface area contributed by atoms with Gasteiger partial charge in [0.05, 0.1) is 12.1 Å². The number of hydrogen-bond acceptors (Lipinski definition) is 2. The Morgan fingerprint density at radius 2 is 1.71 bits per heavy atom. The molecule has 1 aromatic heterocycles. The first kappa shape index (κ1) is 21.2. The third-order valence-corrected chi connectivity index (χ3v) is 6.38. The van der Waals surface area contributed by atoms with Crippen molar-refractivity contribution in [2.75, 3.05) is 0 Å². The van der Waals surface area contributed by atoms with Crippen LogP contribution in [0.5, 0.6) is 0 Å². The van der Waals surface area contributed by atoms with E-state index in [1.807, 2.05) is 59.4 Å². The van der Waals surface area contributed by atoms with Gasteiger partial charge in [0.2, 0.25) is 0 Å². The van der Waals surface area contributed by atoms with E-state index in [2.05, 4.69) is 6.20 Å². The van der Waals surface area contributed by atoms with Crippen molar-refractivity contribution in [1.82, 2.24) is 9.13 Å². The summed E-state index contributed by atoms with van der Waals surface area (Å²) < 4.78 is 3.79. The normalized spacial score (nSPS) is 14.8. The molecule has 0 unspecified atom stereocenters. The lowest BCUT2D eigenvalue weighted by atomic mass is 9.87. The molecule has 1 N–H and O–H groups in total. The molecule has 0 amide bonds. The standard InChI is InChI=1S/C26H30N2O3/c1-18(2)27-17-24(21-8-4-3-5-9-21)28(26(27)31)16-19-12-14-20(15-13-19)22-10-6-7-11-23(22)25(29)30/h6-7,10-15,17-18,21H,3-5,8-9,16H2,1-2H3,(H,29,30). The maximum atomic E-state index is 13.1. The predicted molar refractivity (Wildman–Crippen MR) is 123 cm³/mol. The summed E-state index contributed by atoms with van der Waals surface area (Å²) in [5.74, 6) is -0.485. The van der Waals surface area contributed by atoms with Gasteiger partial charge in [0.15, 0.2) is 0 Å². The molecule has 162 valence electrons. The van der Waals surface area contributed by atoms with Gasteiger partial charge in [-0.25, -0.2) is 9.59 Å². The van der Waals surface area contributed by atoms with Crippen molar-refractivity contribution in [2.24, 2.45) is 0 Å². The van der Waals surface area contributed by atoms with Gasteiger partial charge < -0.3 is 5.11 Å². The minimum Gasteiger partial charge on any atom is -0.478 e. The van der Waals surface area contributed by atoms with E-state index in [0.29, 0.717) is 23.6 Å². The van der Waals surface area contributed by atoms with Crippen molar-refractivity contribution in [3.63, 3.8) is 0 Å². The molecule has 1 fully saturated rings. The summed E-state index contributed by atoms with van der Waals surface area (Å²) in [7, 11) is 0. The molecule has 0 atom stereocenters. The summed E-state index contributed by atoms with van der Waals surface area (Å²) in [6.07, 6.45) is 8.09. The number of hydrogen-bond donors (Lipinski definition) is 1. The van der Waals surface area contributed by atoms with Gasteiger partial charge in [-0.1, -0.05) is 61.7 Å². The SMILES string of the molecule is CC(C)n1cc(C2CCCCC2)n(Cc2ccc(-c3ccccc3C(=O)O)cc2)c1=O. The Morgan fingerprint density at radius 3 is 2.35 bits per heavy atom. The Balaban J connectivity index is 1.65. The van der Waals surface area contributed by atoms with E-state index in [9.17, 15) is 14.7 Å². The van der Waals surface area contributed by atoms with Crippen LogP contribution in [-0.2, 0) is 6.54 Å². The molecule has 3 aromatic rings. The number of imidazole rings is 1. The molecule has 31 heavy (non-hydrogen) atoms. The summed E-state index contributed by atoms with van der Waals surface area (Å²) in [5.41, 5.74) is 4.10. The van der Waals surface area contributed by atoms with Crippen molar-refractivity contribution in [3.8, 4) is 11.1 Å². The monoisotopic (exact) mass is 418 g/mol. The van der Waals surface area contributed by atoms with Crippen LogP contribution in [0, 0.1) is 0 Å². The molecule has 2 aromatic carbocycles. The van der Waals surface area contributed by atoms with Crippen molar-refractivity contribution >= 4 is 5.97 Å². The minimum absolute atomic E-state index is 0.0517. The van der Waals surface area contributed by atoms with Crippen LogP contribution in [0.25, 0.3) is 11.1 Å². The quantitative estimate of drug-likeness (QED) is 0.559. The number of carboxylic acids is 1.